The van der Waals surface area contributed by atoms with E-state index in [-0.39, 0.29) is 11.1 Å². The number of benzene rings is 2. The second-order valence-electron chi connectivity index (χ2n) is 5.58. The van der Waals surface area contributed by atoms with E-state index in [0.717, 1.165) is 5.56 Å². The Hall–Kier alpha value is -2.89. The van der Waals surface area contributed by atoms with Gasteiger partial charge in [0.2, 0.25) is 5.91 Å². The Kier molecular flexibility index (Phi) is 4.20. The summed E-state index contributed by atoms with van der Waals surface area (Å²) in [6, 6.07) is 12.2. The molecular weight excluding hydrogens is 311 g/mol. The topological polar surface area (TPSA) is 81.4 Å². The fourth-order valence-electron chi connectivity index (χ4n) is 3.05. The predicted molar refractivity (Wildman–Crippen MR) is 87.0 cm³/mol. The SMILES string of the molecule is CNC(=O)c1cc(C(N)=O)cc2c1O[C@@H](CF)[C@@H]2c1ccccc1. The van der Waals surface area contributed by atoms with Gasteiger partial charge in [0.05, 0.1) is 11.5 Å². The van der Waals surface area contributed by atoms with Gasteiger partial charge in [-0.2, -0.15) is 0 Å². The highest BCUT2D eigenvalue weighted by Gasteiger charge is 2.38. The van der Waals surface area contributed by atoms with Crippen molar-refractivity contribution >= 4 is 11.8 Å². The van der Waals surface area contributed by atoms with Gasteiger partial charge in [-0.25, -0.2) is 4.39 Å². The van der Waals surface area contributed by atoms with Crippen LogP contribution in [0, 0.1) is 0 Å². The van der Waals surface area contributed by atoms with Crippen LogP contribution < -0.4 is 15.8 Å². The van der Waals surface area contributed by atoms with E-state index in [2.05, 4.69) is 5.32 Å². The summed E-state index contributed by atoms with van der Waals surface area (Å²) >= 11 is 0. The van der Waals surface area contributed by atoms with Crippen molar-refractivity contribution in [2.45, 2.75) is 12.0 Å². The van der Waals surface area contributed by atoms with Crippen molar-refractivity contribution in [2.75, 3.05) is 13.7 Å². The molecule has 3 rings (SSSR count). The second-order valence-corrected chi connectivity index (χ2v) is 5.58. The normalized spacial score (nSPS) is 18.6. The van der Waals surface area contributed by atoms with Crippen LogP contribution in [0.4, 0.5) is 4.39 Å². The minimum Gasteiger partial charge on any atom is -0.486 e. The maximum atomic E-state index is 13.6. The lowest BCUT2D eigenvalue weighted by Crippen LogP contribution is -2.22. The summed E-state index contributed by atoms with van der Waals surface area (Å²) in [6.45, 7) is -0.715. The predicted octanol–water partition coefficient (Wildman–Crippen LogP) is 2.01. The molecule has 2 amide bonds. The molecule has 0 saturated carbocycles. The van der Waals surface area contributed by atoms with Crippen molar-refractivity contribution in [1.29, 1.82) is 0 Å². The average molecular weight is 328 g/mol. The maximum absolute atomic E-state index is 13.6. The smallest absolute Gasteiger partial charge is 0.254 e. The Morgan fingerprint density at radius 2 is 1.96 bits per heavy atom. The van der Waals surface area contributed by atoms with Crippen LogP contribution in [0.25, 0.3) is 0 Å². The first kappa shape index (κ1) is 16.0. The highest BCUT2D eigenvalue weighted by atomic mass is 19.1. The van der Waals surface area contributed by atoms with E-state index >= 15 is 0 Å². The van der Waals surface area contributed by atoms with Crippen molar-refractivity contribution < 1.29 is 18.7 Å². The van der Waals surface area contributed by atoms with Crippen molar-refractivity contribution in [3.8, 4) is 5.75 Å². The summed E-state index contributed by atoms with van der Waals surface area (Å²) in [5.74, 6) is -1.18. The number of rotatable bonds is 4. The highest BCUT2D eigenvalue weighted by molar-refractivity contribution is 6.02. The van der Waals surface area contributed by atoms with Crippen LogP contribution in [0.5, 0.6) is 5.75 Å². The number of amides is 2. The standard InChI is InChI=1S/C18H17FN2O3/c1-21-18(23)13-8-11(17(20)22)7-12-15(10-5-3-2-4-6-10)14(9-19)24-16(12)13/h2-8,14-15H,9H2,1H3,(H2,20,22)(H,21,23)/t14-,15+/m0/s1. The summed E-state index contributed by atoms with van der Waals surface area (Å²) in [5, 5.41) is 2.50. The summed E-state index contributed by atoms with van der Waals surface area (Å²) in [5.41, 5.74) is 7.20. The fourth-order valence-corrected chi connectivity index (χ4v) is 3.05. The number of ether oxygens (including phenoxy) is 1. The molecule has 1 aliphatic rings. The number of nitrogens with two attached hydrogens (primary N) is 1. The van der Waals surface area contributed by atoms with Gasteiger partial charge < -0.3 is 15.8 Å². The summed E-state index contributed by atoms with van der Waals surface area (Å²) in [7, 11) is 1.47. The third kappa shape index (κ3) is 2.60. The molecule has 0 saturated heterocycles. The molecular formula is C18H17FN2O3. The molecule has 0 spiro atoms. The van der Waals surface area contributed by atoms with E-state index in [0.29, 0.717) is 11.3 Å². The van der Waals surface area contributed by atoms with Crippen molar-refractivity contribution in [1.82, 2.24) is 5.32 Å². The quantitative estimate of drug-likeness (QED) is 0.901. The lowest BCUT2D eigenvalue weighted by atomic mass is 9.86. The van der Waals surface area contributed by atoms with E-state index in [4.69, 9.17) is 10.5 Å². The molecule has 24 heavy (non-hydrogen) atoms. The lowest BCUT2D eigenvalue weighted by molar-refractivity contribution is 0.0955. The molecule has 3 N–H and O–H groups in total. The number of fused-ring (bicyclic) bond motifs is 1. The molecule has 2 aromatic carbocycles. The van der Waals surface area contributed by atoms with Gasteiger partial charge in [0.25, 0.3) is 5.91 Å². The zero-order chi connectivity index (χ0) is 17.3. The van der Waals surface area contributed by atoms with Gasteiger partial charge in [0, 0.05) is 18.2 Å². The van der Waals surface area contributed by atoms with Gasteiger partial charge in [-0.1, -0.05) is 30.3 Å². The lowest BCUT2D eigenvalue weighted by Gasteiger charge is -2.16. The molecule has 2 aromatic rings. The third-order valence-electron chi connectivity index (χ3n) is 4.16. The van der Waals surface area contributed by atoms with E-state index in [1.54, 1.807) is 6.07 Å². The first-order chi connectivity index (χ1) is 11.6. The Labute approximate surface area is 138 Å². The Bertz CT molecular complexity index is 792. The first-order valence-corrected chi connectivity index (χ1v) is 7.54. The number of primary amides is 1. The monoisotopic (exact) mass is 328 g/mol. The summed E-state index contributed by atoms with van der Waals surface area (Å²) in [4.78, 5) is 23.8. The number of hydrogen-bond acceptors (Lipinski definition) is 3. The second kappa shape index (κ2) is 6.31. The molecule has 5 nitrogen and oxygen atoms in total. The molecule has 1 aliphatic heterocycles. The Morgan fingerprint density at radius 1 is 1.25 bits per heavy atom. The molecule has 0 aliphatic carbocycles. The number of hydrogen-bond donors (Lipinski definition) is 2. The number of carbonyl (C=O) groups excluding carboxylic acids is 2. The van der Waals surface area contributed by atoms with Gasteiger partial charge in [-0.05, 0) is 17.7 Å². The van der Waals surface area contributed by atoms with Crippen LogP contribution in [0.1, 0.15) is 37.8 Å². The van der Waals surface area contributed by atoms with Gasteiger partial charge in [-0.3, -0.25) is 9.59 Å². The number of nitrogens with one attached hydrogen (secondary N) is 1. The van der Waals surface area contributed by atoms with Crippen molar-refractivity contribution in [3.63, 3.8) is 0 Å². The van der Waals surface area contributed by atoms with E-state index in [1.807, 2.05) is 30.3 Å². The number of halogens is 1. The van der Waals surface area contributed by atoms with Crippen LogP contribution >= 0.6 is 0 Å². The van der Waals surface area contributed by atoms with Crippen LogP contribution in [-0.2, 0) is 0 Å². The van der Waals surface area contributed by atoms with Crippen LogP contribution in [0.15, 0.2) is 42.5 Å². The van der Waals surface area contributed by atoms with Gasteiger partial charge in [0.15, 0.2) is 0 Å². The molecule has 0 aromatic heterocycles. The van der Waals surface area contributed by atoms with E-state index in [9.17, 15) is 14.0 Å². The molecule has 0 radical (unpaired) electrons. The molecule has 1 heterocycles. The zero-order valence-electron chi connectivity index (χ0n) is 13.1. The van der Waals surface area contributed by atoms with Gasteiger partial charge >= 0.3 is 0 Å². The minimum atomic E-state index is -0.756. The maximum Gasteiger partial charge on any atom is 0.254 e. The Balaban J connectivity index is 2.22. The molecule has 0 fully saturated rings. The van der Waals surface area contributed by atoms with Crippen LogP contribution in [0.3, 0.4) is 0 Å². The molecule has 0 unspecified atom stereocenters. The van der Waals surface area contributed by atoms with E-state index in [1.165, 1.54) is 13.1 Å². The fraction of sp³-hybridized carbons (Fsp3) is 0.222. The molecule has 124 valence electrons. The molecule has 0 bridgehead atoms. The van der Waals surface area contributed by atoms with E-state index < -0.39 is 30.5 Å². The molecule has 6 heteroatoms. The average Bonchev–Trinajstić information content (AvgIpc) is 2.99. The Morgan fingerprint density at radius 3 is 2.54 bits per heavy atom. The first-order valence-electron chi connectivity index (χ1n) is 7.54. The van der Waals surface area contributed by atoms with Crippen LogP contribution in [-0.4, -0.2) is 31.6 Å². The van der Waals surface area contributed by atoms with Crippen LogP contribution in [0.2, 0.25) is 0 Å². The largest absolute Gasteiger partial charge is 0.486 e. The summed E-state index contributed by atoms with van der Waals surface area (Å²) in [6.07, 6.45) is -0.756. The van der Waals surface area contributed by atoms with Crippen molar-refractivity contribution in [2.24, 2.45) is 5.73 Å². The highest BCUT2D eigenvalue weighted by Crippen LogP contribution is 2.45. The number of alkyl halides is 1. The zero-order valence-corrected chi connectivity index (χ0v) is 13.1. The summed E-state index contributed by atoms with van der Waals surface area (Å²) < 4.78 is 19.3. The van der Waals surface area contributed by atoms with Crippen molar-refractivity contribution in [3.05, 3.63) is 64.7 Å². The molecule has 2 atom stereocenters. The van der Waals surface area contributed by atoms with Gasteiger partial charge in [-0.15, -0.1) is 0 Å². The van der Waals surface area contributed by atoms with Gasteiger partial charge in [0.1, 0.15) is 18.5 Å². The third-order valence-corrected chi connectivity index (χ3v) is 4.16. The minimum absolute atomic E-state index is 0.181. The number of carbonyl (C=O) groups is 2.